The summed E-state index contributed by atoms with van der Waals surface area (Å²) in [7, 11) is 0. The van der Waals surface area contributed by atoms with Crippen LogP contribution >= 0.6 is 11.3 Å². The van der Waals surface area contributed by atoms with E-state index in [0.717, 1.165) is 54.4 Å². The number of benzene rings is 6. The van der Waals surface area contributed by atoms with Gasteiger partial charge in [-0.3, -0.25) is 0 Å². The molecule has 0 saturated carbocycles. The molecule has 0 amide bonds. The van der Waals surface area contributed by atoms with Gasteiger partial charge in [0.1, 0.15) is 11.2 Å². The highest BCUT2D eigenvalue weighted by atomic mass is 32.1. The van der Waals surface area contributed by atoms with Crippen molar-refractivity contribution in [3.63, 3.8) is 0 Å². The van der Waals surface area contributed by atoms with E-state index in [2.05, 4.69) is 127 Å². The van der Waals surface area contributed by atoms with Gasteiger partial charge in [0.25, 0.3) is 0 Å². The third-order valence-electron chi connectivity index (χ3n) is 8.11. The van der Waals surface area contributed by atoms with Gasteiger partial charge < -0.3 is 4.42 Å². The molecule has 9 aromatic rings. The largest absolute Gasteiger partial charge is 0.456 e. The van der Waals surface area contributed by atoms with E-state index in [-0.39, 0.29) is 0 Å². The molecule has 0 unspecified atom stereocenters. The van der Waals surface area contributed by atoms with Crippen molar-refractivity contribution >= 4 is 64.4 Å². The lowest BCUT2D eigenvalue weighted by Gasteiger charge is -2.08. The summed E-state index contributed by atoms with van der Waals surface area (Å²) in [6.07, 6.45) is 0. The molecule has 3 aromatic heterocycles. The molecule has 0 aliphatic heterocycles. The highest BCUT2D eigenvalue weighted by Crippen LogP contribution is 2.41. The number of aromatic nitrogens is 2. The summed E-state index contributed by atoms with van der Waals surface area (Å²) < 4.78 is 8.69. The van der Waals surface area contributed by atoms with Crippen molar-refractivity contribution in [2.45, 2.75) is 0 Å². The maximum absolute atomic E-state index is 6.38. The van der Waals surface area contributed by atoms with Gasteiger partial charge in [0, 0.05) is 32.0 Å². The van der Waals surface area contributed by atoms with Gasteiger partial charge in [-0.2, -0.15) is 0 Å². The lowest BCUT2D eigenvalue weighted by atomic mass is 10.0. The number of nitrogens with zero attached hydrogens (tertiary/aromatic N) is 2. The lowest BCUT2D eigenvalue weighted by Crippen LogP contribution is -1.93. The maximum atomic E-state index is 6.38. The van der Waals surface area contributed by atoms with Gasteiger partial charge in [0.15, 0.2) is 5.82 Å². The van der Waals surface area contributed by atoms with E-state index in [4.69, 9.17) is 14.4 Å². The van der Waals surface area contributed by atoms with Gasteiger partial charge >= 0.3 is 0 Å². The van der Waals surface area contributed by atoms with Crippen molar-refractivity contribution in [2.75, 3.05) is 0 Å². The molecule has 196 valence electrons. The molecule has 0 saturated heterocycles. The lowest BCUT2D eigenvalue weighted by molar-refractivity contribution is 0.669. The van der Waals surface area contributed by atoms with Crippen LogP contribution in [0.4, 0.5) is 0 Å². The Morgan fingerprint density at radius 1 is 0.500 bits per heavy atom. The van der Waals surface area contributed by atoms with Crippen LogP contribution in [-0.4, -0.2) is 9.97 Å². The normalized spacial score (nSPS) is 11.8. The van der Waals surface area contributed by atoms with Crippen molar-refractivity contribution in [2.24, 2.45) is 0 Å². The van der Waals surface area contributed by atoms with E-state index in [1.54, 1.807) is 11.3 Å². The third-order valence-corrected chi connectivity index (χ3v) is 9.27. The fourth-order valence-corrected chi connectivity index (χ4v) is 7.21. The summed E-state index contributed by atoms with van der Waals surface area (Å²) in [6.45, 7) is 0. The Morgan fingerprint density at radius 3 is 2.10 bits per heavy atom. The van der Waals surface area contributed by atoms with Crippen LogP contribution < -0.4 is 0 Å². The zero-order valence-corrected chi connectivity index (χ0v) is 23.2. The Balaban J connectivity index is 1.25. The van der Waals surface area contributed by atoms with Gasteiger partial charge in [0.2, 0.25) is 0 Å². The zero-order valence-electron chi connectivity index (χ0n) is 22.4. The molecule has 0 spiro atoms. The summed E-state index contributed by atoms with van der Waals surface area (Å²) in [5.41, 5.74) is 8.06. The molecule has 0 N–H and O–H groups in total. The first-order chi connectivity index (χ1) is 20.8. The van der Waals surface area contributed by atoms with Crippen LogP contribution in [-0.2, 0) is 0 Å². The van der Waals surface area contributed by atoms with Crippen molar-refractivity contribution < 1.29 is 4.42 Å². The highest BCUT2D eigenvalue weighted by molar-refractivity contribution is 7.26. The summed E-state index contributed by atoms with van der Waals surface area (Å²) >= 11 is 1.75. The summed E-state index contributed by atoms with van der Waals surface area (Å²) in [5.74, 6) is 0.695. The molecule has 0 bridgehead atoms. The van der Waals surface area contributed by atoms with Crippen LogP contribution in [0.1, 0.15) is 0 Å². The number of rotatable bonds is 3. The standard InChI is InChI=1S/C38H22N2OS/c1-2-8-23(9-3-1)24-14-16-26(17-15-24)35-37-36(30-12-6-7-13-33(30)42-37)40-38(39-35)27-18-20-29-32(22-27)41-31-21-19-25-10-4-5-11-28(25)34(29)31/h1-22H. The molecule has 4 heteroatoms. The molecular formula is C38H22N2OS. The molecule has 42 heavy (non-hydrogen) atoms. The summed E-state index contributed by atoms with van der Waals surface area (Å²) in [5, 5.41) is 5.81. The number of furan rings is 1. The second kappa shape index (κ2) is 9.10. The Kier molecular flexibility index (Phi) is 5.07. The Bertz CT molecular complexity index is 2450. The van der Waals surface area contributed by atoms with Gasteiger partial charge in [0.05, 0.1) is 15.9 Å². The fourth-order valence-electron chi connectivity index (χ4n) is 6.05. The number of fused-ring (bicyclic) bond motifs is 8. The Morgan fingerprint density at radius 2 is 1.21 bits per heavy atom. The second-order valence-corrected chi connectivity index (χ2v) is 11.6. The van der Waals surface area contributed by atoms with E-state index in [1.165, 1.54) is 26.6 Å². The average molecular weight is 555 g/mol. The highest BCUT2D eigenvalue weighted by Gasteiger charge is 2.18. The predicted octanol–water partition coefficient (Wildman–Crippen LogP) is 10.9. The molecule has 9 rings (SSSR count). The Hall–Kier alpha value is -5.32. The maximum Gasteiger partial charge on any atom is 0.160 e. The monoisotopic (exact) mass is 554 g/mol. The molecule has 0 fully saturated rings. The van der Waals surface area contributed by atoms with E-state index in [0.29, 0.717) is 5.82 Å². The van der Waals surface area contributed by atoms with Crippen molar-refractivity contribution in [3.8, 4) is 33.8 Å². The first-order valence-corrected chi connectivity index (χ1v) is 14.8. The van der Waals surface area contributed by atoms with Crippen LogP contribution in [0.3, 0.4) is 0 Å². The average Bonchev–Trinajstić information content (AvgIpc) is 3.63. The minimum atomic E-state index is 0.695. The molecule has 0 aliphatic rings. The fraction of sp³-hybridized carbons (Fsp3) is 0. The Labute approximate surface area is 245 Å². The molecule has 6 aromatic carbocycles. The smallest absolute Gasteiger partial charge is 0.160 e. The summed E-state index contributed by atoms with van der Waals surface area (Å²) in [4.78, 5) is 10.4. The molecule has 0 radical (unpaired) electrons. The van der Waals surface area contributed by atoms with Gasteiger partial charge in [-0.15, -0.1) is 11.3 Å². The quantitative estimate of drug-likeness (QED) is 0.218. The topological polar surface area (TPSA) is 38.9 Å². The van der Waals surface area contributed by atoms with E-state index >= 15 is 0 Å². The molecule has 3 heterocycles. The number of thiophene rings is 1. The van der Waals surface area contributed by atoms with Gasteiger partial charge in [-0.05, 0) is 46.2 Å². The van der Waals surface area contributed by atoms with Crippen molar-refractivity contribution in [1.29, 1.82) is 0 Å². The minimum absolute atomic E-state index is 0.695. The minimum Gasteiger partial charge on any atom is -0.456 e. The third kappa shape index (κ3) is 3.59. The molecular weight excluding hydrogens is 532 g/mol. The van der Waals surface area contributed by atoms with E-state index in [9.17, 15) is 0 Å². The first kappa shape index (κ1) is 23.4. The van der Waals surface area contributed by atoms with Gasteiger partial charge in [-0.25, -0.2) is 9.97 Å². The number of hydrogen-bond acceptors (Lipinski definition) is 4. The first-order valence-electron chi connectivity index (χ1n) is 14.0. The zero-order chi connectivity index (χ0) is 27.6. The summed E-state index contributed by atoms with van der Waals surface area (Å²) in [6, 6.07) is 46.6. The molecule has 3 nitrogen and oxygen atoms in total. The van der Waals surface area contributed by atoms with Crippen LogP contribution in [0.2, 0.25) is 0 Å². The SMILES string of the molecule is c1ccc(-c2ccc(-c3nc(-c4ccc5c(c4)oc4ccc6ccccc6c45)nc4c3sc3ccccc34)cc2)cc1. The van der Waals surface area contributed by atoms with E-state index < -0.39 is 0 Å². The molecule has 0 atom stereocenters. The van der Waals surface area contributed by atoms with Crippen molar-refractivity contribution in [1.82, 2.24) is 9.97 Å². The molecule has 0 aliphatic carbocycles. The predicted molar refractivity (Wildman–Crippen MR) is 176 cm³/mol. The van der Waals surface area contributed by atoms with Crippen molar-refractivity contribution in [3.05, 3.63) is 133 Å². The van der Waals surface area contributed by atoms with E-state index in [1.807, 2.05) is 6.07 Å². The van der Waals surface area contributed by atoms with Crippen LogP contribution in [0.25, 0.3) is 86.8 Å². The second-order valence-electron chi connectivity index (χ2n) is 10.6. The number of hydrogen-bond donors (Lipinski definition) is 0. The van der Waals surface area contributed by atoms with Crippen LogP contribution in [0.15, 0.2) is 138 Å². The van der Waals surface area contributed by atoms with Gasteiger partial charge in [-0.1, -0.05) is 109 Å². The van der Waals surface area contributed by atoms with Crippen LogP contribution in [0, 0.1) is 0 Å². The van der Waals surface area contributed by atoms with Crippen LogP contribution in [0.5, 0.6) is 0 Å².